The first-order valence-corrected chi connectivity index (χ1v) is 13.3. The molecule has 0 bridgehead atoms. The summed E-state index contributed by atoms with van der Waals surface area (Å²) in [6, 6.07) is 21.0. The van der Waals surface area contributed by atoms with Gasteiger partial charge in [0.15, 0.2) is 5.16 Å². The smallest absolute Gasteiger partial charge is 0.219 e. The van der Waals surface area contributed by atoms with Crippen molar-refractivity contribution < 1.29 is 4.79 Å². The minimum atomic E-state index is 0.182. The number of thioether (sulfide) groups is 1. The monoisotopic (exact) mass is 463 g/mol. The molecule has 0 atom stereocenters. The molecule has 33 heavy (non-hydrogen) atoms. The fraction of sp³-hybridized carbons (Fsp3) is 0.429. The first kappa shape index (κ1) is 25.1. The molecule has 176 valence electrons. The van der Waals surface area contributed by atoms with E-state index >= 15 is 0 Å². The van der Waals surface area contributed by atoms with Gasteiger partial charge in [-0.25, -0.2) is 4.98 Å². The van der Waals surface area contributed by atoms with Gasteiger partial charge in [0.2, 0.25) is 5.91 Å². The molecule has 2 aromatic carbocycles. The average Bonchev–Trinajstić information content (AvgIpc) is 3.21. The van der Waals surface area contributed by atoms with Gasteiger partial charge in [-0.1, -0.05) is 106 Å². The van der Waals surface area contributed by atoms with Crippen molar-refractivity contribution in [1.82, 2.24) is 14.9 Å². The molecule has 0 saturated heterocycles. The lowest BCUT2D eigenvalue weighted by atomic mass is 10.0. The highest BCUT2D eigenvalue weighted by Gasteiger charge is 2.19. The van der Waals surface area contributed by atoms with E-state index in [1.807, 2.05) is 6.07 Å². The van der Waals surface area contributed by atoms with E-state index in [4.69, 9.17) is 4.98 Å². The van der Waals surface area contributed by atoms with Gasteiger partial charge in [-0.3, -0.25) is 4.79 Å². The summed E-state index contributed by atoms with van der Waals surface area (Å²) < 4.78 is 2.37. The van der Waals surface area contributed by atoms with E-state index in [9.17, 15) is 4.79 Å². The summed E-state index contributed by atoms with van der Waals surface area (Å²) in [5.41, 5.74) is 4.56. The van der Waals surface area contributed by atoms with E-state index in [0.717, 1.165) is 60.9 Å². The highest BCUT2D eigenvalue weighted by atomic mass is 32.2. The van der Waals surface area contributed by atoms with Gasteiger partial charge >= 0.3 is 0 Å². The van der Waals surface area contributed by atoms with Crippen LogP contribution in [0.4, 0.5) is 0 Å². The van der Waals surface area contributed by atoms with Crippen molar-refractivity contribution in [3.8, 4) is 22.5 Å². The lowest BCUT2D eigenvalue weighted by molar-refractivity contribution is -0.121. The fourth-order valence-electron chi connectivity index (χ4n) is 3.92. The molecular weight excluding hydrogens is 426 g/mol. The van der Waals surface area contributed by atoms with Crippen molar-refractivity contribution in [2.45, 2.75) is 70.5 Å². The second kappa shape index (κ2) is 13.9. The highest BCUT2D eigenvalue weighted by Crippen LogP contribution is 2.36. The van der Waals surface area contributed by atoms with Crippen LogP contribution in [0.15, 0.2) is 65.8 Å². The van der Waals surface area contributed by atoms with Crippen LogP contribution in [0.3, 0.4) is 0 Å². The molecule has 0 spiro atoms. The summed E-state index contributed by atoms with van der Waals surface area (Å²) in [4.78, 5) is 17.1. The third-order valence-electron chi connectivity index (χ3n) is 5.61. The van der Waals surface area contributed by atoms with Crippen LogP contribution in [0.5, 0.6) is 0 Å². The molecule has 5 heteroatoms. The van der Waals surface area contributed by atoms with Crippen LogP contribution in [0.2, 0.25) is 0 Å². The van der Waals surface area contributed by atoms with E-state index < -0.39 is 0 Å². The van der Waals surface area contributed by atoms with E-state index in [1.165, 1.54) is 24.1 Å². The molecule has 1 aromatic heterocycles. The van der Waals surface area contributed by atoms with Gasteiger partial charge in [0, 0.05) is 36.4 Å². The number of nitrogens with one attached hydrogen (secondary N) is 1. The van der Waals surface area contributed by atoms with Gasteiger partial charge in [0.25, 0.3) is 0 Å². The Kier molecular flexibility index (Phi) is 10.6. The van der Waals surface area contributed by atoms with E-state index in [1.54, 1.807) is 11.8 Å². The zero-order valence-corrected chi connectivity index (χ0v) is 20.9. The summed E-state index contributed by atoms with van der Waals surface area (Å²) >= 11 is 1.79. The van der Waals surface area contributed by atoms with Crippen LogP contribution in [0.25, 0.3) is 22.5 Å². The SMILES string of the molecule is CCCCCCC(=O)NCCCSc1nc(-c2ccccc2)c(-c2ccccc2)n1CCC. The zero-order chi connectivity index (χ0) is 23.3. The maximum Gasteiger partial charge on any atom is 0.219 e. The van der Waals surface area contributed by atoms with Gasteiger partial charge in [-0.15, -0.1) is 0 Å². The number of amides is 1. The molecule has 0 fully saturated rings. The fourth-order valence-corrected chi connectivity index (χ4v) is 4.89. The molecule has 0 unspecified atom stereocenters. The summed E-state index contributed by atoms with van der Waals surface area (Å²) in [5.74, 6) is 1.11. The van der Waals surface area contributed by atoms with E-state index in [-0.39, 0.29) is 5.91 Å². The molecule has 4 nitrogen and oxygen atoms in total. The minimum Gasteiger partial charge on any atom is -0.356 e. The lowest BCUT2D eigenvalue weighted by Gasteiger charge is -2.12. The molecular formula is C28H37N3OS. The number of nitrogens with zero attached hydrogens (tertiary/aromatic N) is 2. The third kappa shape index (κ3) is 7.50. The van der Waals surface area contributed by atoms with Crippen LogP contribution in [-0.4, -0.2) is 27.8 Å². The largest absolute Gasteiger partial charge is 0.356 e. The molecule has 0 aliphatic rings. The molecule has 1 N–H and O–H groups in total. The summed E-state index contributed by atoms with van der Waals surface area (Å²) in [5, 5.41) is 4.13. The predicted octanol–water partition coefficient (Wildman–Crippen LogP) is 7.20. The Morgan fingerprint density at radius 3 is 2.24 bits per heavy atom. The van der Waals surface area contributed by atoms with Crippen LogP contribution < -0.4 is 5.32 Å². The Morgan fingerprint density at radius 2 is 1.58 bits per heavy atom. The Hall–Kier alpha value is -2.53. The number of hydrogen-bond acceptors (Lipinski definition) is 3. The first-order chi connectivity index (χ1) is 16.2. The van der Waals surface area contributed by atoms with Gasteiger partial charge < -0.3 is 9.88 Å². The molecule has 0 aliphatic heterocycles. The van der Waals surface area contributed by atoms with Crippen molar-refractivity contribution in [2.24, 2.45) is 0 Å². The number of hydrogen-bond donors (Lipinski definition) is 1. The quantitative estimate of drug-likeness (QED) is 0.203. The van der Waals surface area contributed by atoms with Gasteiger partial charge in [0.05, 0.1) is 11.4 Å². The zero-order valence-electron chi connectivity index (χ0n) is 20.1. The maximum absolute atomic E-state index is 12.0. The average molecular weight is 464 g/mol. The number of benzene rings is 2. The van der Waals surface area contributed by atoms with Crippen molar-refractivity contribution in [3.63, 3.8) is 0 Å². The third-order valence-corrected chi connectivity index (χ3v) is 6.67. The number of carbonyl (C=O) groups is 1. The Morgan fingerprint density at radius 1 is 0.879 bits per heavy atom. The molecule has 0 aliphatic carbocycles. The maximum atomic E-state index is 12.0. The van der Waals surface area contributed by atoms with Crippen molar-refractivity contribution in [3.05, 3.63) is 60.7 Å². The minimum absolute atomic E-state index is 0.182. The molecule has 0 radical (unpaired) electrons. The van der Waals surface area contributed by atoms with Gasteiger partial charge in [-0.05, 0) is 19.3 Å². The second-order valence-corrected chi connectivity index (χ2v) is 9.40. The van der Waals surface area contributed by atoms with Crippen molar-refractivity contribution >= 4 is 17.7 Å². The van der Waals surface area contributed by atoms with Crippen LogP contribution in [0, 0.1) is 0 Å². The number of rotatable bonds is 14. The standard InChI is InChI=1S/C28H37N3OS/c1-3-5-6-13-19-25(32)29-20-14-22-33-28-30-26(23-15-9-7-10-16-23)27(31(28)21-4-2)24-17-11-8-12-18-24/h7-12,15-18H,3-6,13-14,19-22H2,1-2H3,(H,29,32). The Balaban J connectivity index is 1.68. The summed E-state index contributed by atoms with van der Waals surface area (Å²) in [6.45, 7) is 6.06. The number of imidazole rings is 1. The van der Waals surface area contributed by atoms with Crippen LogP contribution >= 0.6 is 11.8 Å². The highest BCUT2D eigenvalue weighted by molar-refractivity contribution is 7.99. The number of unbranched alkanes of at least 4 members (excludes halogenated alkanes) is 3. The van der Waals surface area contributed by atoms with Crippen molar-refractivity contribution in [1.29, 1.82) is 0 Å². The predicted molar refractivity (Wildman–Crippen MR) is 140 cm³/mol. The molecule has 3 aromatic rings. The Bertz CT molecular complexity index is 970. The van der Waals surface area contributed by atoms with E-state index in [0.29, 0.717) is 6.42 Å². The van der Waals surface area contributed by atoms with Gasteiger partial charge in [0.1, 0.15) is 0 Å². The first-order valence-electron chi connectivity index (χ1n) is 12.4. The molecule has 3 rings (SSSR count). The number of carbonyl (C=O) groups excluding carboxylic acids is 1. The van der Waals surface area contributed by atoms with E-state index in [2.05, 4.69) is 78.3 Å². The normalized spacial score (nSPS) is 11.0. The molecule has 1 heterocycles. The van der Waals surface area contributed by atoms with Crippen LogP contribution in [-0.2, 0) is 11.3 Å². The summed E-state index contributed by atoms with van der Waals surface area (Å²) in [6.07, 6.45) is 7.18. The van der Waals surface area contributed by atoms with Crippen molar-refractivity contribution in [2.75, 3.05) is 12.3 Å². The topological polar surface area (TPSA) is 46.9 Å². The second-order valence-electron chi connectivity index (χ2n) is 8.34. The molecule has 1 amide bonds. The lowest BCUT2D eigenvalue weighted by Crippen LogP contribution is -2.24. The summed E-state index contributed by atoms with van der Waals surface area (Å²) in [7, 11) is 0. The number of aromatic nitrogens is 2. The Labute approximate surface area is 203 Å². The van der Waals surface area contributed by atoms with Crippen LogP contribution in [0.1, 0.15) is 58.8 Å². The molecule has 0 saturated carbocycles. The van der Waals surface area contributed by atoms with Gasteiger partial charge in [-0.2, -0.15) is 0 Å².